The number of carbonyl (C=O) groups is 1. The van der Waals surface area contributed by atoms with Crippen molar-refractivity contribution in [2.24, 2.45) is 0 Å². The molecule has 4 heterocycles. The number of hydrogen-bond donors (Lipinski definition) is 0. The molecule has 2 aromatic heterocycles. The van der Waals surface area contributed by atoms with Crippen molar-refractivity contribution < 1.29 is 4.79 Å². The first-order chi connectivity index (χ1) is 12.3. The van der Waals surface area contributed by atoms with Crippen LogP contribution in [0.25, 0.3) is 11.3 Å². The van der Waals surface area contributed by atoms with Gasteiger partial charge in [-0.25, -0.2) is 9.97 Å². The molecule has 2 aliphatic rings. The maximum atomic E-state index is 12.4. The molecule has 1 saturated heterocycles. The van der Waals surface area contributed by atoms with Gasteiger partial charge in [-0.3, -0.25) is 4.79 Å². The van der Waals surface area contributed by atoms with Crippen LogP contribution in [0.15, 0.2) is 24.5 Å². The van der Waals surface area contributed by atoms with Crippen LogP contribution in [0.2, 0.25) is 0 Å². The second kappa shape index (κ2) is 6.86. The second-order valence-electron chi connectivity index (χ2n) is 6.91. The lowest BCUT2D eigenvalue weighted by atomic mass is 10.1. The highest BCUT2D eigenvalue weighted by Crippen LogP contribution is 2.27. The zero-order chi connectivity index (χ0) is 17.2. The third kappa shape index (κ3) is 3.01. The molecule has 0 unspecified atom stereocenters. The van der Waals surface area contributed by atoms with Gasteiger partial charge in [0.2, 0.25) is 5.82 Å². The lowest BCUT2D eigenvalue weighted by molar-refractivity contribution is 0.0764. The summed E-state index contributed by atoms with van der Waals surface area (Å²) in [5, 5.41) is 0. The molecular weight excluding hydrogens is 314 g/mol. The predicted molar refractivity (Wildman–Crippen MR) is 97.5 cm³/mol. The highest BCUT2D eigenvalue weighted by Gasteiger charge is 2.30. The third-order valence-electron chi connectivity index (χ3n) is 5.15. The molecule has 0 bridgehead atoms. The first kappa shape index (κ1) is 16.1. The zero-order valence-electron chi connectivity index (χ0n) is 14.8. The minimum absolute atomic E-state index is 0.0394. The Hall–Kier alpha value is -2.37. The number of carbonyl (C=O) groups excluding carboxylic acids is 1. The summed E-state index contributed by atoms with van der Waals surface area (Å²) in [7, 11) is 0. The van der Waals surface area contributed by atoms with Crippen LogP contribution < -0.4 is 4.90 Å². The molecule has 0 atom stereocenters. The smallest absolute Gasteiger partial charge is 0.291 e. The van der Waals surface area contributed by atoms with Crippen molar-refractivity contribution in [2.75, 3.05) is 24.5 Å². The number of amides is 1. The minimum Gasteiger partial charge on any atom is -0.357 e. The molecule has 2 aliphatic heterocycles. The molecular formula is C19H25N5O. The van der Waals surface area contributed by atoms with E-state index in [0.717, 1.165) is 49.6 Å². The summed E-state index contributed by atoms with van der Waals surface area (Å²) in [6, 6.07) is 4.19. The lowest BCUT2D eigenvalue weighted by Crippen LogP contribution is -2.30. The van der Waals surface area contributed by atoms with Gasteiger partial charge in [0.15, 0.2) is 0 Å². The number of hydrogen-bond acceptors (Lipinski definition) is 4. The maximum Gasteiger partial charge on any atom is 0.291 e. The fourth-order valence-electron chi connectivity index (χ4n) is 3.67. The summed E-state index contributed by atoms with van der Waals surface area (Å²) in [6.45, 7) is 5.71. The number of rotatable bonds is 5. The number of nitrogens with zero attached hydrogens (tertiary/aromatic N) is 5. The van der Waals surface area contributed by atoms with Gasteiger partial charge >= 0.3 is 0 Å². The quantitative estimate of drug-likeness (QED) is 0.840. The Morgan fingerprint density at radius 3 is 2.64 bits per heavy atom. The van der Waals surface area contributed by atoms with Gasteiger partial charge in [-0.15, -0.1) is 0 Å². The van der Waals surface area contributed by atoms with Crippen molar-refractivity contribution in [3.8, 4) is 11.3 Å². The van der Waals surface area contributed by atoms with Crippen molar-refractivity contribution in [1.82, 2.24) is 19.4 Å². The second-order valence-corrected chi connectivity index (χ2v) is 6.91. The number of piperidine rings is 1. The molecule has 1 fully saturated rings. The molecule has 0 saturated carbocycles. The number of anilines is 1. The van der Waals surface area contributed by atoms with E-state index in [0.29, 0.717) is 12.5 Å². The summed E-state index contributed by atoms with van der Waals surface area (Å²) in [5.41, 5.74) is 1.99. The summed E-state index contributed by atoms with van der Waals surface area (Å²) in [4.78, 5) is 25.7. The average molecular weight is 339 g/mol. The van der Waals surface area contributed by atoms with Crippen LogP contribution in [0.1, 0.15) is 49.6 Å². The van der Waals surface area contributed by atoms with Crippen molar-refractivity contribution in [3.05, 3.63) is 30.4 Å². The molecule has 0 aliphatic carbocycles. The van der Waals surface area contributed by atoms with Crippen molar-refractivity contribution in [2.45, 2.75) is 45.7 Å². The van der Waals surface area contributed by atoms with Crippen molar-refractivity contribution in [1.29, 1.82) is 0 Å². The van der Waals surface area contributed by atoms with Crippen LogP contribution in [0, 0.1) is 0 Å². The number of fused-ring (bicyclic) bond motifs is 1. The van der Waals surface area contributed by atoms with Gasteiger partial charge in [0.05, 0.1) is 18.6 Å². The number of imidazole rings is 1. The van der Waals surface area contributed by atoms with Gasteiger partial charge in [-0.05, 0) is 37.8 Å². The van der Waals surface area contributed by atoms with E-state index in [-0.39, 0.29) is 5.91 Å². The fourth-order valence-corrected chi connectivity index (χ4v) is 3.67. The number of unbranched alkanes of at least 4 members (excludes halogenated alkanes) is 1. The molecule has 0 N–H and O–H groups in total. The molecule has 2 aromatic rings. The van der Waals surface area contributed by atoms with E-state index in [2.05, 4.69) is 33.9 Å². The van der Waals surface area contributed by atoms with Gasteiger partial charge in [0, 0.05) is 31.4 Å². The van der Waals surface area contributed by atoms with Gasteiger partial charge in [0.25, 0.3) is 5.91 Å². The third-order valence-corrected chi connectivity index (χ3v) is 5.15. The molecule has 132 valence electrons. The zero-order valence-corrected chi connectivity index (χ0v) is 14.8. The molecule has 25 heavy (non-hydrogen) atoms. The summed E-state index contributed by atoms with van der Waals surface area (Å²) < 4.78 is 2.01. The monoisotopic (exact) mass is 339 g/mol. The van der Waals surface area contributed by atoms with E-state index in [9.17, 15) is 4.79 Å². The van der Waals surface area contributed by atoms with Crippen LogP contribution in [-0.2, 0) is 6.67 Å². The Bertz CT molecular complexity index is 746. The molecule has 0 aromatic carbocycles. The van der Waals surface area contributed by atoms with Crippen molar-refractivity contribution >= 4 is 11.7 Å². The van der Waals surface area contributed by atoms with E-state index in [1.807, 2.05) is 15.7 Å². The number of aromatic nitrogens is 3. The van der Waals surface area contributed by atoms with E-state index in [1.54, 1.807) is 6.20 Å². The Labute approximate surface area is 148 Å². The Kier molecular flexibility index (Phi) is 4.42. The Morgan fingerprint density at radius 1 is 1.08 bits per heavy atom. The number of pyridine rings is 1. The van der Waals surface area contributed by atoms with Crippen molar-refractivity contribution in [3.63, 3.8) is 0 Å². The van der Waals surface area contributed by atoms with Gasteiger partial charge in [-0.2, -0.15) is 0 Å². The van der Waals surface area contributed by atoms with E-state index in [1.165, 1.54) is 19.3 Å². The molecule has 6 heteroatoms. The van der Waals surface area contributed by atoms with Crippen LogP contribution in [0.5, 0.6) is 0 Å². The van der Waals surface area contributed by atoms with Crippen LogP contribution in [0.4, 0.5) is 5.82 Å². The highest BCUT2D eigenvalue weighted by molar-refractivity contribution is 5.93. The molecule has 0 spiro atoms. The topological polar surface area (TPSA) is 54.3 Å². The van der Waals surface area contributed by atoms with Crippen LogP contribution >= 0.6 is 0 Å². The first-order valence-corrected chi connectivity index (χ1v) is 9.34. The van der Waals surface area contributed by atoms with E-state index >= 15 is 0 Å². The van der Waals surface area contributed by atoms with E-state index in [4.69, 9.17) is 0 Å². The van der Waals surface area contributed by atoms with Crippen LogP contribution in [0.3, 0.4) is 0 Å². The largest absolute Gasteiger partial charge is 0.357 e. The van der Waals surface area contributed by atoms with E-state index < -0.39 is 0 Å². The SMILES string of the molecule is CCCCN1Cn2c(-c3ccc(N4CCCCC4)nc3)cnc2C1=O. The Morgan fingerprint density at radius 2 is 1.92 bits per heavy atom. The summed E-state index contributed by atoms with van der Waals surface area (Å²) in [6.07, 6.45) is 9.62. The minimum atomic E-state index is 0.0394. The molecule has 0 radical (unpaired) electrons. The highest BCUT2D eigenvalue weighted by atomic mass is 16.2. The van der Waals surface area contributed by atoms with Gasteiger partial charge < -0.3 is 14.4 Å². The summed E-state index contributed by atoms with van der Waals surface area (Å²) >= 11 is 0. The first-order valence-electron chi connectivity index (χ1n) is 9.34. The molecule has 1 amide bonds. The van der Waals surface area contributed by atoms with Gasteiger partial charge in [-0.1, -0.05) is 13.3 Å². The van der Waals surface area contributed by atoms with Gasteiger partial charge in [0.1, 0.15) is 5.82 Å². The molecule has 4 rings (SSSR count). The fraction of sp³-hybridized carbons (Fsp3) is 0.526. The standard InChI is InChI=1S/C19H25N5O/c1-2-3-9-23-14-24-16(13-21-18(24)19(23)25)15-7-8-17(20-12-15)22-10-5-4-6-11-22/h7-8,12-13H,2-6,9-11,14H2,1H3. The predicted octanol–water partition coefficient (Wildman–Crippen LogP) is 3.15. The normalized spacial score (nSPS) is 17.2. The average Bonchev–Trinajstić information content (AvgIpc) is 3.21. The summed E-state index contributed by atoms with van der Waals surface area (Å²) in [5.74, 6) is 1.63. The van der Waals surface area contributed by atoms with Crippen LogP contribution in [-0.4, -0.2) is 45.0 Å². The Balaban J connectivity index is 1.54. The molecule has 6 nitrogen and oxygen atoms in total. The maximum absolute atomic E-state index is 12.4. The lowest BCUT2D eigenvalue weighted by Gasteiger charge is -2.27.